The molecule has 1 fully saturated rings. The molecule has 180 valence electrons. The van der Waals surface area contributed by atoms with E-state index >= 15 is 0 Å². The minimum absolute atomic E-state index is 0.106. The van der Waals surface area contributed by atoms with Crippen LogP contribution in [-0.4, -0.2) is 60.5 Å². The summed E-state index contributed by atoms with van der Waals surface area (Å²) in [5.41, 5.74) is 2.35. The van der Waals surface area contributed by atoms with Crippen molar-refractivity contribution in [2.45, 2.75) is 23.8 Å². The Kier molecular flexibility index (Phi) is 6.22. The fourth-order valence-corrected chi connectivity index (χ4v) is 6.76. The van der Waals surface area contributed by atoms with Crippen LogP contribution in [0.1, 0.15) is 12.8 Å². The number of carbonyl (C=O) groups excluding carboxylic acids is 1. The molecular weight excluding hydrogens is 484 g/mol. The van der Waals surface area contributed by atoms with Crippen molar-refractivity contribution < 1.29 is 13.2 Å². The predicted octanol–water partition coefficient (Wildman–Crippen LogP) is 3.61. The molecule has 3 heterocycles. The van der Waals surface area contributed by atoms with Crippen LogP contribution in [0.4, 0.5) is 10.8 Å². The van der Waals surface area contributed by atoms with Crippen molar-refractivity contribution in [3.05, 3.63) is 60.8 Å². The van der Waals surface area contributed by atoms with Crippen molar-refractivity contribution in [3.63, 3.8) is 0 Å². The molecule has 5 rings (SSSR count). The van der Waals surface area contributed by atoms with Gasteiger partial charge in [0.1, 0.15) is 15.9 Å². The van der Waals surface area contributed by atoms with E-state index in [4.69, 9.17) is 0 Å². The molecular formula is C24H24N6O3S2. The SMILES string of the molecule is CN(C)c1ccc(-c2nnc(NC(=O)[C@@H]3CCCN3S(=O)(=O)c3cccc4cccnc34)s2)cc1. The van der Waals surface area contributed by atoms with Crippen molar-refractivity contribution >= 4 is 49.0 Å². The van der Waals surface area contributed by atoms with Crippen LogP contribution in [0.5, 0.6) is 0 Å². The predicted molar refractivity (Wildman–Crippen MR) is 137 cm³/mol. The fraction of sp³-hybridized carbons (Fsp3) is 0.250. The number of hydrogen-bond acceptors (Lipinski definition) is 8. The van der Waals surface area contributed by atoms with Crippen LogP contribution >= 0.6 is 11.3 Å². The first-order valence-electron chi connectivity index (χ1n) is 11.1. The summed E-state index contributed by atoms with van der Waals surface area (Å²) in [5, 5.41) is 12.8. The molecule has 1 aliphatic rings. The zero-order valence-corrected chi connectivity index (χ0v) is 20.9. The highest BCUT2D eigenvalue weighted by Gasteiger charge is 2.40. The highest BCUT2D eigenvalue weighted by Crippen LogP contribution is 2.32. The van der Waals surface area contributed by atoms with Crippen molar-refractivity contribution in [2.24, 2.45) is 0 Å². The molecule has 1 amide bonds. The van der Waals surface area contributed by atoms with E-state index in [2.05, 4.69) is 20.5 Å². The number of nitrogens with zero attached hydrogens (tertiary/aromatic N) is 5. The van der Waals surface area contributed by atoms with Gasteiger partial charge in [-0.05, 0) is 49.2 Å². The molecule has 11 heteroatoms. The molecule has 35 heavy (non-hydrogen) atoms. The van der Waals surface area contributed by atoms with Gasteiger partial charge >= 0.3 is 0 Å². The van der Waals surface area contributed by atoms with Crippen LogP contribution in [0.15, 0.2) is 65.7 Å². The number of amides is 1. The third-order valence-corrected chi connectivity index (χ3v) is 8.80. The van der Waals surface area contributed by atoms with Gasteiger partial charge in [0.05, 0.1) is 5.52 Å². The van der Waals surface area contributed by atoms with E-state index in [0.717, 1.165) is 16.6 Å². The Morgan fingerprint density at radius 1 is 1.09 bits per heavy atom. The van der Waals surface area contributed by atoms with Gasteiger partial charge in [0.2, 0.25) is 21.1 Å². The maximum absolute atomic E-state index is 13.6. The molecule has 1 saturated heterocycles. The molecule has 2 aromatic carbocycles. The van der Waals surface area contributed by atoms with Crippen LogP contribution in [0.3, 0.4) is 0 Å². The van der Waals surface area contributed by atoms with Gasteiger partial charge in [-0.2, -0.15) is 4.31 Å². The summed E-state index contributed by atoms with van der Waals surface area (Å²) < 4.78 is 28.4. The molecule has 0 unspecified atom stereocenters. The summed E-state index contributed by atoms with van der Waals surface area (Å²) in [4.78, 5) is 19.5. The molecule has 9 nitrogen and oxygen atoms in total. The van der Waals surface area contributed by atoms with Crippen LogP contribution in [0.25, 0.3) is 21.5 Å². The lowest BCUT2D eigenvalue weighted by Gasteiger charge is -2.23. The van der Waals surface area contributed by atoms with E-state index in [0.29, 0.717) is 28.5 Å². The highest BCUT2D eigenvalue weighted by molar-refractivity contribution is 7.89. The third-order valence-electron chi connectivity index (χ3n) is 5.97. The van der Waals surface area contributed by atoms with Gasteiger partial charge in [-0.15, -0.1) is 10.2 Å². The summed E-state index contributed by atoms with van der Waals surface area (Å²) in [6.45, 7) is 0.267. The number of fused-ring (bicyclic) bond motifs is 1. The van der Waals surface area contributed by atoms with Crippen molar-refractivity contribution in [3.8, 4) is 10.6 Å². The number of benzene rings is 2. The first-order chi connectivity index (χ1) is 16.8. The average Bonchev–Trinajstić information content (AvgIpc) is 3.54. The minimum Gasteiger partial charge on any atom is -0.378 e. The standard InChI is InChI=1S/C24H24N6O3S2/c1-29(2)18-12-10-17(11-13-18)23-27-28-24(34-23)26-22(31)19-8-5-15-30(19)35(32,33)20-9-3-6-16-7-4-14-25-21(16)20/h3-4,6-7,9-14,19H,5,8,15H2,1-2H3,(H,26,28,31)/t19-/m0/s1. The zero-order chi connectivity index (χ0) is 24.6. The minimum atomic E-state index is -3.93. The largest absolute Gasteiger partial charge is 0.378 e. The number of carbonyl (C=O) groups is 1. The number of nitrogens with one attached hydrogen (secondary N) is 1. The van der Waals surface area contributed by atoms with Gasteiger partial charge in [0, 0.05) is 43.5 Å². The summed E-state index contributed by atoms with van der Waals surface area (Å²) in [5.74, 6) is -0.412. The Morgan fingerprint density at radius 2 is 1.86 bits per heavy atom. The molecule has 1 N–H and O–H groups in total. The number of sulfonamides is 1. The van der Waals surface area contributed by atoms with Gasteiger partial charge in [0.25, 0.3) is 0 Å². The molecule has 0 radical (unpaired) electrons. The van der Waals surface area contributed by atoms with E-state index in [-0.39, 0.29) is 11.4 Å². The molecule has 1 aliphatic heterocycles. The second-order valence-electron chi connectivity index (χ2n) is 8.45. The van der Waals surface area contributed by atoms with E-state index in [1.54, 1.807) is 18.3 Å². The number of rotatable bonds is 6. The number of para-hydroxylation sites is 1. The van der Waals surface area contributed by atoms with Crippen molar-refractivity contribution in [1.82, 2.24) is 19.5 Å². The van der Waals surface area contributed by atoms with E-state index < -0.39 is 22.0 Å². The Balaban J connectivity index is 1.35. The fourth-order valence-electron chi connectivity index (χ4n) is 4.18. The third kappa shape index (κ3) is 4.49. The second kappa shape index (κ2) is 9.33. The molecule has 0 aliphatic carbocycles. The van der Waals surface area contributed by atoms with Gasteiger partial charge in [-0.1, -0.05) is 29.5 Å². The number of pyridine rings is 1. The first kappa shape index (κ1) is 23.3. The molecule has 4 aromatic rings. The van der Waals surface area contributed by atoms with E-state index in [9.17, 15) is 13.2 Å². The monoisotopic (exact) mass is 508 g/mol. The Labute approximate surface area is 207 Å². The van der Waals surface area contributed by atoms with E-state index in [1.807, 2.05) is 55.4 Å². The molecule has 2 aromatic heterocycles. The molecule has 0 spiro atoms. The average molecular weight is 509 g/mol. The maximum Gasteiger partial charge on any atom is 0.245 e. The number of aromatic nitrogens is 3. The van der Waals surface area contributed by atoms with Gasteiger partial charge in [-0.3, -0.25) is 15.1 Å². The second-order valence-corrected chi connectivity index (χ2v) is 11.3. The smallest absolute Gasteiger partial charge is 0.245 e. The van der Waals surface area contributed by atoms with Gasteiger partial charge in [-0.25, -0.2) is 8.42 Å². The Bertz CT molecular complexity index is 1480. The summed E-state index contributed by atoms with van der Waals surface area (Å²) in [6, 6.07) is 15.7. The van der Waals surface area contributed by atoms with Crippen LogP contribution in [0, 0.1) is 0 Å². The lowest BCUT2D eigenvalue weighted by Crippen LogP contribution is -2.43. The zero-order valence-electron chi connectivity index (χ0n) is 19.2. The maximum atomic E-state index is 13.6. The Hall–Kier alpha value is -3.41. The van der Waals surface area contributed by atoms with Crippen LogP contribution in [-0.2, 0) is 14.8 Å². The number of anilines is 2. The molecule has 0 bridgehead atoms. The van der Waals surface area contributed by atoms with Crippen molar-refractivity contribution in [2.75, 3.05) is 30.9 Å². The van der Waals surface area contributed by atoms with Crippen molar-refractivity contribution in [1.29, 1.82) is 0 Å². The summed E-state index contributed by atoms with van der Waals surface area (Å²) >= 11 is 1.25. The Morgan fingerprint density at radius 3 is 2.63 bits per heavy atom. The first-order valence-corrected chi connectivity index (χ1v) is 13.4. The summed E-state index contributed by atoms with van der Waals surface area (Å²) in [7, 11) is 0.0109. The number of hydrogen-bond donors (Lipinski definition) is 1. The summed E-state index contributed by atoms with van der Waals surface area (Å²) in [6.07, 6.45) is 2.59. The normalized spacial score (nSPS) is 16.5. The topological polar surface area (TPSA) is 108 Å². The van der Waals surface area contributed by atoms with Gasteiger partial charge in [0.15, 0.2) is 0 Å². The van der Waals surface area contributed by atoms with Crippen LogP contribution < -0.4 is 10.2 Å². The van der Waals surface area contributed by atoms with Crippen LogP contribution in [0.2, 0.25) is 0 Å². The molecule has 0 saturated carbocycles. The lowest BCUT2D eigenvalue weighted by molar-refractivity contribution is -0.119. The lowest BCUT2D eigenvalue weighted by atomic mass is 10.2. The highest BCUT2D eigenvalue weighted by atomic mass is 32.2. The van der Waals surface area contributed by atoms with Gasteiger partial charge < -0.3 is 4.90 Å². The van der Waals surface area contributed by atoms with E-state index in [1.165, 1.54) is 21.7 Å². The quantitative estimate of drug-likeness (QED) is 0.424. The molecule has 1 atom stereocenters.